The van der Waals surface area contributed by atoms with E-state index in [2.05, 4.69) is 10.3 Å². The molecule has 4 rings (SSSR count). The van der Waals surface area contributed by atoms with Crippen LogP contribution in [0.3, 0.4) is 0 Å². The van der Waals surface area contributed by atoms with Crippen molar-refractivity contribution >= 4 is 23.2 Å². The molecular weight excluding hydrogens is 370 g/mol. The molecule has 2 aromatic carbocycles. The van der Waals surface area contributed by atoms with Gasteiger partial charge in [0.2, 0.25) is 12.7 Å². The summed E-state index contributed by atoms with van der Waals surface area (Å²) in [4.78, 5) is 28.8. The highest BCUT2D eigenvalue weighted by Gasteiger charge is 2.15. The number of halogens is 1. The Balaban J connectivity index is 1.50. The Hall–Kier alpha value is -3.32. The van der Waals surface area contributed by atoms with Crippen LogP contribution >= 0.6 is 11.6 Å². The molecule has 0 bridgehead atoms. The zero-order chi connectivity index (χ0) is 18.8. The van der Waals surface area contributed by atoms with E-state index in [1.165, 1.54) is 17.0 Å². The van der Waals surface area contributed by atoms with E-state index in [0.717, 1.165) is 5.56 Å². The molecular formula is C19H14ClN3O4. The molecule has 3 aromatic rings. The van der Waals surface area contributed by atoms with Crippen LogP contribution in [-0.2, 0) is 11.3 Å². The zero-order valence-electron chi connectivity index (χ0n) is 14.0. The van der Waals surface area contributed by atoms with Gasteiger partial charge < -0.3 is 14.8 Å². The smallest absolute Gasteiger partial charge is 0.254 e. The first-order valence-corrected chi connectivity index (χ1v) is 8.48. The molecule has 1 aliphatic heterocycles. The van der Waals surface area contributed by atoms with Gasteiger partial charge in [-0.25, -0.2) is 4.98 Å². The number of carbonyl (C=O) groups is 1. The normalized spacial score (nSPS) is 12.0. The number of hydrogen-bond donors (Lipinski definition) is 1. The number of amides is 1. The Morgan fingerprint density at radius 2 is 2.00 bits per heavy atom. The van der Waals surface area contributed by atoms with Gasteiger partial charge in [-0.15, -0.1) is 0 Å². The molecule has 27 heavy (non-hydrogen) atoms. The average Bonchev–Trinajstić information content (AvgIpc) is 3.11. The summed E-state index contributed by atoms with van der Waals surface area (Å²) >= 11 is 5.89. The second-order valence-electron chi connectivity index (χ2n) is 5.87. The average molecular weight is 384 g/mol. The van der Waals surface area contributed by atoms with E-state index in [1.54, 1.807) is 42.5 Å². The zero-order valence-corrected chi connectivity index (χ0v) is 14.8. The van der Waals surface area contributed by atoms with Gasteiger partial charge in [0.15, 0.2) is 11.5 Å². The van der Waals surface area contributed by atoms with Crippen LogP contribution in [0.15, 0.2) is 59.7 Å². The largest absolute Gasteiger partial charge is 0.454 e. The molecule has 1 aliphatic rings. The second-order valence-corrected chi connectivity index (χ2v) is 6.30. The Labute approximate surface area is 159 Å². The van der Waals surface area contributed by atoms with Crippen LogP contribution in [-0.4, -0.2) is 22.3 Å². The Morgan fingerprint density at radius 3 is 2.81 bits per heavy atom. The fourth-order valence-corrected chi connectivity index (χ4v) is 2.87. The first-order valence-electron chi connectivity index (χ1n) is 8.10. The third kappa shape index (κ3) is 3.78. The van der Waals surface area contributed by atoms with Crippen molar-refractivity contribution in [3.63, 3.8) is 0 Å². The highest BCUT2D eigenvalue weighted by Crippen LogP contribution is 2.35. The van der Waals surface area contributed by atoms with Crippen molar-refractivity contribution in [3.8, 4) is 22.8 Å². The summed E-state index contributed by atoms with van der Waals surface area (Å²) in [7, 11) is 0. The lowest BCUT2D eigenvalue weighted by Gasteiger charge is -2.08. The Bertz CT molecular complexity index is 1080. The van der Waals surface area contributed by atoms with E-state index in [1.807, 2.05) is 0 Å². The number of anilines is 1. The van der Waals surface area contributed by atoms with Crippen LogP contribution in [0.1, 0.15) is 0 Å². The topological polar surface area (TPSA) is 82.5 Å². The quantitative estimate of drug-likeness (QED) is 0.749. The molecule has 0 unspecified atom stereocenters. The predicted molar refractivity (Wildman–Crippen MR) is 100 cm³/mol. The molecule has 0 spiro atoms. The molecule has 1 amide bonds. The van der Waals surface area contributed by atoms with Gasteiger partial charge in [0.1, 0.15) is 6.54 Å². The van der Waals surface area contributed by atoms with Crippen molar-refractivity contribution in [2.24, 2.45) is 0 Å². The fourth-order valence-electron chi connectivity index (χ4n) is 2.68. The predicted octanol–water partition coefficient (Wildman–Crippen LogP) is 2.93. The van der Waals surface area contributed by atoms with Gasteiger partial charge in [-0.2, -0.15) is 0 Å². The summed E-state index contributed by atoms with van der Waals surface area (Å²) in [5.74, 6) is 0.918. The van der Waals surface area contributed by atoms with Gasteiger partial charge in [-0.3, -0.25) is 14.2 Å². The molecule has 7 nitrogen and oxygen atoms in total. The molecule has 0 saturated carbocycles. The van der Waals surface area contributed by atoms with E-state index >= 15 is 0 Å². The minimum Gasteiger partial charge on any atom is -0.454 e. The number of rotatable bonds is 4. The van der Waals surface area contributed by atoms with E-state index in [9.17, 15) is 9.59 Å². The van der Waals surface area contributed by atoms with Crippen molar-refractivity contribution in [1.29, 1.82) is 0 Å². The highest BCUT2D eigenvalue weighted by molar-refractivity contribution is 6.30. The van der Waals surface area contributed by atoms with Gasteiger partial charge >= 0.3 is 0 Å². The van der Waals surface area contributed by atoms with Crippen LogP contribution < -0.4 is 20.3 Å². The molecule has 1 aromatic heterocycles. The SMILES string of the molecule is O=C(Cn1cnc(-c2ccc3c(c2)OCO3)cc1=O)Nc1cccc(Cl)c1. The highest BCUT2D eigenvalue weighted by atomic mass is 35.5. The number of aromatic nitrogens is 2. The molecule has 0 atom stereocenters. The molecule has 0 aliphatic carbocycles. The number of hydrogen-bond acceptors (Lipinski definition) is 5. The van der Waals surface area contributed by atoms with Crippen LogP contribution in [0.2, 0.25) is 5.02 Å². The monoisotopic (exact) mass is 383 g/mol. The second kappa shape index (κ2) is 7.13. The number of ether oxygens (including phenoxy) is 2. The summed E-state index contributed by atoms with van der Waals surface area (Å²) in [5.41, 5.74) is 1.45. The van der Waals surface area contributed by atoms with Crippen LogP contribution in [0.4, 0.5) is 5.69 Å². The lowest BCUT2D eigenvalue weighted by atomic mass is 10.1. The third-order valence-corrected chi connectivity index (χ3v) is 4.21. The van der Waals surface area contributed by atoms with Crippen molar-refractivity contribution in [3.05, 3.63) is 70.2 Å². The van der Waals surface area contributed by atoms with Crippen LogP contribution in [0.25, 0.3) is 11.3 Å². The molecule has 1 N–H and O–H groups in total. The number of carbonyl (C=O) groups excluding carboxylic acids is 1. The summed E-state index contributed by atoms with van der Waals surface area (Å²) in [6.07, 6.45) is 1.35. The molecule has 136 valence electrons. The van der Waals surface area contributed by atoms with Gasteiger partial charge in [-0.1, -0.05) is 17.7 Å². The maximum atomic E-state index is 12.4. The maximum Gasteiger partial charge on any atom is 0.254 e. The number of benzene rings is 2. The lowest BCUT2D eigenvalue weighted by Crippen LogP contribution is -2.27. The molecule has 8 heteroatoms. The van der Waals surface area contributed by atoms with Crippen LogP contribution in [0, 0.1) is 0 Å². The van der Waals surface area contributed by atoms with Crippen molar-refractivity contribution in [2.75, 3.05) is 12.1 Å². The fraction of sp³-hybridized carbons (Fsp3) is 0.105. The van der Waals surface area contributed by atoms with E-state index in [0.29, 0.717) is 27.9 Å². The first kappa shape index (κ1) is 17.1. The molecule has 0 radical (unpaired) electrons. The van der Waals surface area contributed by atoms with Crippen LogP contribution in [0.5, 0.6) is 11.5 Å². The van der Waals surface area contributed by atoms with Gasteiger partial charge in [0.25, 0.3) is 5.56 Å². The van der Waals surface area contributed by atoms with Crippen molar-refractivity contribution in [2.45, 2.75) is 6.54 Å². The number of nitrogens with zero attached hydrogens (tertiary/aromatic N) is 2. The van der Waals surface area contributed by atoms with Crippen molar-refractivity contribution in [1.82, 2.24) is 9.55 Å². The molecule has 0 saturated heterocycles. The lowest BCUT2D eigenvalue weighted by molar-refractivity contribution is -0.116. The minimum atomic E-state index is -0.350. The first-order chi connectivity index (χ1) is 13.1. The summed E-state index contributed by atoms with van der Waals surface area (Å²) in [5, 5.41) is 3.21. The number of fused-ring (bicyclic) bond motifs is 1. The molecule has 2 heterocycles. The van der Waals surface area contributed by atoms with E-state index in [4.69, 9.17) is 21.1 Å². The van der Waals surface area contributed by atoms with Crippen molar-refractivity contribution < 1.29 is 14.3 Å². The van der Waals surface area contributed by atoms with Gasteiger partial charge in [0, 0.05) is 22.3 Å². The summed E-state index contributed by atoms with van der Waals surface area (Å²) < 4.78 is 11.8. The Kier molecular flexibility index (Phi) is 4.52. The molecule has 0 fully saturated rings. The number of nitrogens with one attached hydrogen (secondary N) is 1. The minimum absolute atomic E-state index is 0.153. The summed E-state index contributed by atoms with van der Waals surface area (Å²) in [6.45, 7) is 0.0231. The Morgan fingerprint density at radius 1 is 1.15 bits per heavy atom. The maximum absolute atomic E-state index is 12.4. The summed E-state index contributed by atoms with van der Waals surface area (Å²) in [6, 6.07) is 13.5. The standard InChI is InChI=1S/C19H14ClN3O4/c20-13-2-1-3-14(7-13)22-18(24)9-23-10-21-15(8-19(23)25)12-4-5-16-17(6-12)27-11-26-16/h1-8,10H,9,11H2,(H,22,24). The van der Waals surface area contributed by atoms with Gasteiger partial charge in [-0.05, 0) is 36.4 Å². The third-order valence-electron chi connectivity index (χ3n) is 3.97. The van der Waals surface area contributed by atoms with E-state index < -0.39 is 0 Å². The van der Waals surface area contributed by atoms with Gasteiger partial charge in [0.05, 0.1) is 12.0 Å². The van der Waals surface area contributed by atoms with E-state index in [-0.39, 0.29) is 24.8 Å².